The maximum Gasteiger partial charge on any atom is 0.277 e. The number of carbonyl (C=O) groups is 1. The van der Waals surface area contributed by atoms with Crippen molar-refractivity contribution in [1.82, 2.24) is 9.78 Å². The fourth-order valence-electron chi connectivity index (χ4n) is 1.65. The highest BCUT2D eigenvalue weighted by molar-refractivity contribution is 9.10. The molecule has 0 aliphatic heterocycles. The van der Waals surface area contributed by atoms with Crippen molar-refractivity contribution in [2.24, 2.45) is 7.05 Å². The van der Waals surface area contributed by atoms with Crippen molar-refractivity contribution in [1.29, 1.82) is 0 Å². The van der Waals surface area contributed by atoms with E-state index in [0.29, 0.717) is 20.9 Å². The van der Waals surface area contributed by atoms with Gasteiger partial charge in [-0.25, -0.2) is 0 Å². The van der Waals surface area contributed by atoms with Crippen molar-refractivity contribution in [3.63, 3.8) is 0 Å². The third-order valence-corrected chi connectivity index (χ3v) is 4.35. The predicted molar refractivity (Wildman–Crippen MR) is 79.8 cm³/mol. The monoisotopic (exact) mass is 341 g/mol. The molecule has 6 heteroatoms. The molecule has 0 radical (unpaired) electrons. The van der Waals surface area contributed by atoms with Crippen LogP contribution in [0.1, 0.15) is 21.7 Å². The first-order valence-corrected chi connectivity index (χ1v) is 6.84. The Kier molecular flexibility index (Phi) is 3.96. The van der Waals surface area contributed by atoms with Gasteiger partial charge >= 0.3 is 0 Å². The van der Waals surface area contributed by atoms with Crippen LogP contribution < -0.4 is 5.32 Å². The smallest absolute Gasteiger partial charge is 0.277 e. The van der Waals surface area contributed by atoms with Gasteiger partial charge in [0.15, 0.2) is 5.69 Å². The van der Waals surface area contributed by atoms with Crippen LogP contribution in [0.3, 0.4) is 0 Å². The van der Waals surface area contributed by atoms with Crippen molar-refractivity contribution in [2.75, 3.05) is 5.32 Å². The molecule has 100 valence electrons. The summed E-state index contributed by atoms with van der Waals surface area (Å²) in [6.45, 7) is 3.75. The van der Waals surface area contributed by atoms with Crippen molar-refractivity contribution in [2.45, 2.75) is 13.8 Å². The standard InChI is InChI=1S/C13H13BrClN3O/c1-7-9(15)5-4-6-10(7)16-13(19)12-11(14)8(2)18(3)17-12/h4-6H,1-3H3,(H,16,19). The van der Waals surface area contributed by atoms with E-state index in [1.165, 1.54) is 0 Å². The van der Waals surface area contributed by atoms with Crippen LogP contribution >= 0.6 is 27.5 Å². The van der Waals surface area contributed by atoms with Gasteiger partial charge in [0.1, 0.15) is 0 Å². The molecule has 0 saturated heterocycles. The number of hydrogen-bond donors (Lipinski definition) is 1. The molecule has 0 aliphatic rings. The maximum absolute atomic E-state index is 12.2. The van der Waals surface area contributed by atoms with Gasteiger partial charge in [-0.15, -0.1) is 0 Å². The lowest BCUT2D eigenvalue weighted by Crippen LogP contribution is -2.14. The van der Waals surface area contributed by atoms with Crippen LogP contribution in [0, 0.1) is 13.8 Å². The fourth-order valence-corrected chi connectivity index (χ4v) is 2.34. The first-order chi connectivity index (χ1) is 8.91. The topological polar surface area (TPSA) is 46.9 Å². The molecule has 0 spiro atoms. The zero-order chi connectivity index (χ0) is 14.2. The van der Waals surface area contributed by atoms with Crippen LogP contribution in [-0.4, -0.2) is 15.7 Å². The number of benzene rings is 1. The van der Waals surface area contributed by atoms with E-state index in [1.807, 2.05) is 19.9 Å². The van der Waals surface area contributed by atoms with Crippen molar-refractivity contribution in [3.05, 3.63) is 44.6 Å². The fraction of sp³-hybridized carbons (Fsp3) is 0.231. The molecule has 0 fully saturated rings. The lowest BCUT2D eigenvalue weighted by molar-refractivity contribution is 0.102. The summed E-state index contributed by atoms with van der Waals surface area (Å²) in [4.78, 5) is 12.2. The van der Waals surface area contributed by atoms with Gasteiger partial charge in [0.05, 0.1) is 10.2 Å². The summed E-state index contributed by atoms with van der Waals surface area (Å²) >= 11 is 9.40. The maximum atomic E-state index is 12.2. The molecular weight excluding hydrogens is 330 g/mol. The molecule has 0 unspecified atom stereocenters. The number of carbonyl (C=O) groups excluding carboxylic acids is 1. The van der Waals surface area contributed by atoms with Crippen LogP contribution in [0.2, 0.25) is 5.02 Å². The molecule has 1 N–H and O–H groups in total. The van der Waals surface area contributed by atoms with Gasteiger partial charge < -0.3 is 5.32 Å². The summed E-state index contributed by atoms with van der Waals surface area (Å²) in [6, 6.07) is 5.39. The van der Waals surface area contributed by atoms with E-state index in [0.717, 1.165) is 11.3 Å². The highest BCUT2D eigenvalue weighted by Crippen LogP contribution is 2.25. The molecule has 1 aromatic heterocycles. The highest BCUT2D eigenvalue weighted by atomic mass is 79.9. The largest absolute Gasteiger partial charge is 0.320 e. The van der Waals surface area contributed by atoms with Crippen LogP contribution in [-0.2, 0) is 7.05 Å². The minimum absolute atomic E-state index is 0.263. The Morgan fingerprint density at radius 2 is 2.11 bits per heavy atom. The summed E-state index contributed by atoms with van der Waals surface area (Å²) in [5.41, 5.74) is 2.78. The summed E-state index contributed by atoms with van der Waals surface area (Å²) in [6.07, 6.45) is 0. The number of aromatic nitrogens is 2. The third kappa shape index (κ3) is 2.67. The van der Waals surface area contributed by atoms with E-state index >= 15 is 0 Å². The quantitative estimate of drug-likeness (QED) is 0.904. The lowest BCUT2D eigenvalue weighted by Gasteiger charge is -2.08. The second-order valence-corrected chi connectivity index (χ2v) is 5.44. The highest BCUT2D eigenvalue weighted by Gasteiger charge is 2.18. The summed E-state index contributed by atoms with van der Waals surface area (Å²) in [7, 11) is 1.79. The zero-order valence-electron chi connectivity index (χ0n) is 10.8. The van der Waals surface area contributed by atoms with Gasteiger partial charge in [-0.3, -0.25) is 9.48 Å². The molecule has 4 nitrogen and oxygen atoms in total. The predicted octanol–water partition coefficient (Wildman–Crippen LogP) is 3.71. The zero-order valence-corrected chi connectivity index (χ0v) is 13.1. The number of rotatable bonds is 2. The Balaban J connectivity index is 2.31. The molecule has 0 aliphatic carbocycles. The number of nitrogens with one attached hydrogen (secondary N) is 1. The van der Waals surface area contributed by atoms with E-state index < -0.39 is 0 Å². The third-order valence-electron chi connectivity index (χ3n) is 2.99. The molecule has 2 aromatic rings. The Morgan fingerprint density at radius 1 is 1.42 bits per heavy atom. The van der Waals surface area contributed by atoms with E-state index in [9.17, 15) is 4.79 Å². The van der Waals surface area contributed by atoms with E-state index in [1.54, 1.807) is 23.9 Å². The Morgan fingerprint density at radius 3 is 2.68 bits per heavy atom. The van der Waals surface area contributed by atoms with Gasteiger partial charge in [-0.05, 0) is 47.5 Å². The number of amides is 1. The SMILES string of the molecule is Cc1c(Cl)cccc1NC(=O)c1nn(C)c(C)c1Br. The minimum atomic E-state index is -0.263. The van der Waals surface area contributed by atoms with Crippen molar-refractivity contribution >= 4 is 39.1 Å². The van der Waals surface area contributed by atoms with Crippen LogP contribution in [0.4, 0.5) is 5.69 Å². The van der Waals surface area contributed by atoms with Gasteiger partial charge in [0.2, 0.25) is 0 Å². The van der Waals surface area contributed by atoms with Crippen LogP contribution in [0.15, 0.2) is 22.7 Å². The Bertz CT molecular complexity index is 652. The second-order valence-electron chi connectivity index (χ2n) is 4.24. The minimum Gasteiger partial charge on any atom is -0.320 e. The molecule has 1 aromatic carbocycles. The molecule has 0 atom stereocenters. The first-order valence-electron chi connectivity index (χ1n) is 5.67. The number of aryl methyl sites for hydroxylation is 1. The molecule has 2 rings (SSSR count). The molecule has 1 amide bonds. The van der Waals surface area contributed by atoms with Gasteiger partial charge in [-0.2, -0.15) is 5.10 Å². The average molecular weight is 343 g/mol. The van der Waals surface area contributed by atoms with Gasteiger partial charge in [-0.1, -0.05) is 17.7 Å². The molecular formula is C13H13BrClN3O. The molecule has 0 saturated carbocycles. The van der Waals surface area contributed by atoms with E-state index in [2.05, 4.69) is 26.3 Å². The normalized spacial score (nSPS) is 10.6. The summed E-state index contributed by atoms with van der Waals surface area (Å²) in [5, 5.41) is 7.62. The van der Waals surface area contributed by atoms with Crippen molar-refractivity contribution in [3.8, 4) is 0 Å². The number of nitrogens with zero attached hydrogens (tertiary/aromatic N) is 2. The first kappa shape index (κ1) is 14.1. The van der Waals surface area contributed by atoms with Crippen LogP contribution in [0.25, 0.3) is 0 Å². The van der Waals surface area contributed by atoms with E-state index in [-0.39, 0.29) is 5.91 Å². The summed E-state index contributed by atoms with van der Waals surface area (Å²) in [5.74, 6) is -0.263. The average Bonchev–Trinajstić information content (AvgIpc) is 2.63. The number of halogens is 2. The molecule has 1 heterocycles. The number of hydrogen-bond acceptors (Lipinski definition) is 2. The van der Waals surface area contributed by atoms with Crippen molar-refractivity contribution < 1.29 is 4.79 Å². The Labute approximate surface area is 124 Å². The Hall–Kier alpha value is -1.33. The molecule has 19 heavy (non-hydrogen) atoms. The second kappa shape index (κ2) is 5.35. The molecule has 0 bridgehead atoms. The lowest BCUT2D eigenvalue weighted by atomic mass is 10.2. The summed E-state index contributed by atoms with van der Waals surface area (Å²) < 4.78 is 2.36. The van der Waals surface area contributed by atoms with E-state index in [4.69, 9.17) is 11.6 Å². The van der Waals surface area contributed by atoms with Gasteiger partial charge in [0.25, 0.3) is 5.91 Å². The van der Waals surface area contributed by atoms with Crippen LogP contribution in [0.5, 0.6) is 0 Å². The van der Waals surface area contributed by atoms with Gasteiger partial charge in [0, 0.05) is 17.8 Å². The number of anilines is 1.